The molecule has 0 bridgehead atoms. The van der Waals surface area contributed by atoms with Crippen LogP contribution >= 0.6 is 23.4 Å². The number of rotatable bonds is 7. The van der Waals surface area contributed by atoms with E-state index in [9.17, 15) is 13.2 Å². The normalized spacial score (nSPS) is 12.6. The fourth-order valence-electron chi connectivity index (χ4n) is 2.18. The van der Waals surface area contributed by atoms with Crippen molar-refractivity contribution in [2.75, 3.05) is 0 Å². The van der Waals surface area contributed by atoms with E-state index < -0.39 is 6.36 Å². The van der Waals surface area contributed by atoms with Crippen molar-refractivity contribution in [1.82, 2.24) is 10.2 Å². The van der Waals surface area contributed by atoms with Gasteiger partial charge in [-0.1, -0.05) is 35.5 Å². The quantitative estimate of drug-likeness (QED) is 0.425. The molecule has 0 N–H and O–H groups in total. The molecule has 0 aliphatic rings. The number of hydrogen-bond donors (Lipinski definition) is 0. The predicted molar refractivity (Wildman–Crippen MR) is 97.5 cm³/mol. The van der Waals surface area contributed by atoms with E-state index in [2.05, 4.69) is 14.9 Å². The molecule has 1 atom stereocenters. The Hall–Kier alpha value is -2.39. The van der Waals surface area contributed by atoms with Gasteiger partial charge in [0.25, 0.3) is 11.1 Å². The van der Waals surface area contributed by atoms with Gasteiger partial charge in [-0.25, -0.2) is 0 Å². The van der Waals surface area contributed by atoms with Gasteiger partial charge in [-0.2, -0.15) is 0 Å². The topological polar surface area (TPSA) is 57.4 Å². The molecule has 0 spiro atoms. The summed E-state index contributed by atoms with van der Waals surface area (Å²) in [5.41, 5.74) is 0.789. The summed E-state index contributed by atoms with van der Waals surface area (Å²) in [5, 5.41) is 8.68. The first-order valence-corrected chi connectivity index (χ1v) is 9.27. The fourth-order valence-corrected chi connectivity index (χ4v) is 3.13. The van der Waals surface area contributed by atoms with E-state index in [0.717, 1.165) is 5.56 Å². The van der Waals surface area contributed by atoms with Crippen LogP contribution in [0.2, 0.25) is 5.02 Å². The lowest BCUT2D eigenvalue weighted by Gasteiger charge is -2.11. The predicted octanol–water partition coefficient (Wildman–Crippen LogP) is 6.05. The second kappa shape index (κ2) is 8.74. The summed E-state index contributed by atoms with van der Waals surface area (Å²) in [4.78, 5) is 0. The highest BCUT2D eigenvalue weighted by Crippen LogP contribution is 2.35. The van der Waals surface area contributed by atoms with Gasteiger partial charge in [-0.05, 0) is 48.9 Å². The van der Waals surface area contributed by atoms with Crippen molar-refractivity contribution in [2.24, 2.45) is 0 Å². The summed E-state index contributed by atoms with van der Waals surface area (Å²) in [6.45, 7) is 1.98. The zero-order valence-corrected chi connectivity index (χ0v) is 16.0. The Kier molecular flexibility index (Phi) is 6.35. The minimum absolute atomic E-state index is 0.104. The highest BCUT2D eigenvalue weighted by Gasteiger charge is 2.31. The van der Waals surface area contributed by atoms with Crippen LogP contribution in [0.3, 0.4) is 0 Å². The first kappa shape index (κ1) is 20.3. The van der Waals surface area contributed by atoms with Gasteiger partial charge in [0.2, 0.25) is 0 Å². The van der Waals surface area contributed by atoms with Gasteiger partial charge in [0, 0.05) is 10.3 Å². The van der Waals surface area contributed by atoms with E-state index in [1.165, 1.54) is 23.9 Å². The Labute approximate surface area is 167 Å². The van der Waals surface area contributed by atoms with Crippen LogP contribution in [-0.2, 0) is 6.61 Å². The number of halogens is 4. The maximum absolute atomic E-state index is 12.2. The first-order chi connectivity index (χ1) is 13.3. The summed E-state index contributed by atoms with van der Waals surface area (Å²) in [6.07, 6.45) is -4.71. The summed E-state index contributed by atoms with van der Waals surface area (Å²) >= 11 is 7.10. The van der Waals surface area contributed by atoms with Crippen LogP contribution in [0.1, 0.15) is 23.6 Å². The molecule has 0 saturated carbocycles. The van der Waals surface area contributed by atoms with E-state index in [4.69, 9.17) is 20.8 Å². The largest absolute Gasteiger partial charge is 0.573 e. The second-order valence-electron chi connectivity index (χ2n) is 5.58. The number of ether oxygens (including phenoxy) is 2. The van der Waals surface area contributed by atoms with Crippen LogP contribution < -0.4 is 9.47 Å². The Balaban J connectivity index is 1.54. The first-order valence-electron chi connectivity index (χ1n) is 8.01. The van der Waals surface area contributed by atoms with Gasteiger partial charge >= 0.3 is 6.36 Å². The second-order valence-corrected chi connectivity index (χ2v) is 7.31. The molecule has 0 saturated heterocycles. The fraction of sp³-hybridized carbons (Fsp3) is 0.222. The van der Waals surface area contributed by atoms with Crippen LogP contribution in [0, 0.1) is 0 Å². The molecule has 148 valence electrons. The van der Waals surface area contributed by atoms with Gasteiger partial charge in [0.05, 0.1) is 0 Å². The molecular formula is C18H14ClF3N2O3S. The average Bonchev–Trinajstić information content (AvgIpc) is 3.08. The maximum Gasteiger partial charge on any atom is 0.573 e. The standard InChI is InChI=1S/C18H14ClF3N2O3S/c1-11(12-2-6-15(7-3-12)27-18(20,21)22)28-17-24-23-16(26-17)10-25-14-8-4-13(19)5-9-14/h2-9,11H,10H2,1H3. The lowest BCUT2D eigenvalue weighted by molar-refractivity contribution is -0.274. The van der Waals surface area contributed by atoms with Gasteiger partial charge in [0.15, 0.2) is 6.61 Å². The summed E-state index contributed by atoms with van der Waals surface area (Å²) < 4.78 is 51.5. The molecular weight excluding hydrogens is 417 g/mol. The van der Waals surface area contributed by atoms with E-state index in [-0.39, 0.29) is 17.6 Å². The summed E-state index contributed by atoms with van der Waals surface area (Å²) in [7, 11) is 0. The summed E-state index contributed by atoms with van der Waals surface area (Å²) in [6, 6.07) is 12.5. The van der Waals surface area contributed by atoms with Crippen LogP contribution in [-0.4, -0.2) is 16.6 Å². The maximum atomic E-state index is 12.2. The number of hydrogen-bond acceptors (Lipinski definition) is 6. The lowest BCUT2D eigenvalue weighted by atomic mass is 10.2. The average molecular weight is 431 g/mol. The van der Waals surface area contributed by atoms with Crippen molar-refractivity contribution in [3.63, 3.8) is 0 Å². The van der Waals surface area contributed by atoms with Crippen molar-refractivity contribution >= 4 is 23.4 Å². The molecule has 0 radical (unpaired) electrons. The van der Waals surface area contributed by atoms with Crippen LogP contribution in [0.15, 0.2) is 58.2 Å². The molecule has 1 aromatic heterocycles. The number of nitrogens with zero attached hydrogens (tertiary/aromatic N) is 2. The highest BCUT2D eigenvalue weighted by atomic mass is 35.5. The molecule has 2 aromatic carbocycles. The third-order valence-electron chi connectivity index (χ3n) is 3.48. The Bertz CT molecular complexity index is 902. The molecule has 3 rings (SSSR count). The Morgan fingerprint density at radius 2 is 1.68 bits per heavy atom. The van der Waals surface area contributed by atoms with E-state index >= 15 is 0 Å². The van der Waals surface area contributed by atoms with Gasteiger partial charge in [-0.3, -0.25) is 0 Å². The number of alkyl halides is 3. The zero-order valence-electron chi connectivity index (χ0n) is 14.4. The van der Waals surface area contributed by atoms with Crippen molar-refractivity contribution in [2.45, 2.75) is 30.4 Å². The molecule has 0 fully saturated rings. The van der Waals surface area contributed by atoms with Crippen molar-refractivity contribution in [3.05, 3.63) is 65.0 Å². The summed E-state index contributed by atoms with van der Waals surface area (Å²) in [5.74, 6) is 0.651. The van der Waals surface area contributed by atoms with Crippen molar-refractivity contribution in [1.29, 1.82) is 0 Å². The number of benzene rings is 2. The Morgan fingerprint density at radius 3 is 2.32 bits per heavy atom. The third-order valence-corrected chi connectivity index (χ3v) is 4.73. The third kappa shape index (κ3) is 6.07. The SMILES string of the molecule is CC(Sc1nnc(COc2ccc(Cl)cc2)o1)c1ccc(OC(F)(F)F)cc1. The van der Waals surface area contributed by atoms with Gasteiger partial charge in [-0.15, -0.1) is 23.4 Å². The molecule has 0 amide bonds. The van der Waals surface area contributed by atoms with Crippen LogP contribution in [0.25, 0.3) is 0 Å². The smallest absolute Gasteiger partial charge is 0.484 e. The van der Waals surface area contributed by atoms with Gasteiger partial charge in [0.1, 0.15) is 11.5 Å². The molecule has 10 heteroatoms. The minimum Gasteiger partial charge on any atom is -0.484 e. The molecule has 0 aliphatic heterocycles. The van der Waals surface area contributed by atoms with Gasteiger partial charge < -0.3 is 13.9 Å². The Morgan fingerprint density at radius 1 is 1.04 bits per heavy atom. The molecule has 3 aromatic rings. The van der Waals surface area contributed by atoms with Crippen LogP contribution in [0.5, 0.6) is 11.5 Å². The van der Waals surface area contributed by atoms with E-state index in [0.29, 0.717) is 21.9 Å². The molecule has 28 heavy (non-hydrogen) atoms. The van der Waals surface area contributed by atoms with Crippen molar-refractivity contribution in [3.8, 4) is 11.5 Å². The monoisotopic (exact) mass is 430 g/mol. The zero-order chi connectivity index (χ0) is 20.1. The minimum atomic E-state index is -4.71. The van der Waals surface area contributed by atoms with Crippen molar-refractivity contribution < 1.29 is 27.1 Å². The molecule has 1 heterocycles. The van der Waals surface area contributed by atoms with Crippen LogP contribution in [0.4, 0.5) is 13.2 Å². The van der Waals surface area contributed by atoms with E-state index in [1.807, 2.05) is 6.92 Å². The number of aromatic nitrogens is 2. The van der Waals surface area contributed by atoms with E-state index in [1.54, 1.807) is 36.4 Å². The molecule has 5 nitrogen and oxygen atoms in total. The molecule has 1 unspecified atom stereocenters. The highest BCUT2D eigenvalue weighted by molar-refractivity contribution is 7.99. The number of thioether (sulfide) groups is 1. The lowest BCUT2D eigenvalue weighted by Crippen LogP contribution is -2.17. The molecule has 0 aliphatic carbocycles.